The van der Waals surface area contributed by atoms with Gasteiger partial charge in [0.15, 0.2) is 0 Å². The minimum absolute atomic E-state index is 0.0366. The quantitative estimate of drug-likeness (QED) is 0.868. The number of halogens is 1. The van der Waals surface area contributed by atoms with E-state index in [1.165, 1.54) is 12.1 Å². The highest BCUT2D eigenvalue weighted by atomic mass is 19.1. The number of nitrogens with two attached hydrogens (primary N) is 1. The summed E-state index contributed by atoms with van der Waals surface area (Å²) in [7, 11) is 0. The minimum atomic E-state index is -0.307. The van der Waals surface area contributed by atoms with E-state index in [-0.39, 0.29) is 17.3 Å². The van der Waals surface area contributed by atoms with E-state index in [2.05, 4.69) is 20.8 Å². The molecular weight excluding hydrogens is 265 g/mol. The summed E-state index contributed by atoms with van der Waals surface area (Å²) in [6.07, 6.45) is 0. The third kappa shape index (κ3) is 3.61. The van der Waals surface area contributed by atoms with Gasteiger partial charge in [0, 0.05) is 17.2 Å². The van der Waals surface area contributed by atoms with Crippen LogP contribution in [0.2, 0.25) is 0 Å². The van der Waals surface area contributed by atoms with Crippen LogP contribution in [0.15, 0.2) is 42.5 Å². The Labute approximate surface area is 125 Å². The van der Waals surface area contributed by atoms with E-state index in [9.17, 15) is 4.39 Å². The van der Waals surface area contributed by atoms with E-state index in [0.717, 1.165) is 11.3 Å². The number of hydrogen-bond acceptors (Lipinski definition) is 2. The predicted octanol–water partition coefficient (Wildman–Crippen LogP) is 4.94. The molecule has 2 rings (SSSR count). The van der Waals surface area contributed by atoms with Crippen molar-refractivity contribution in [1.29, 1.82) is 0 Å². The lowest BCUT2D eigenvalue weighted by Gasteiger charge is -2.23. The highest BCUT2D eigenvalue weighted by Crippen LogP contribution is 2.36. The Morgan fingerprint density at radius 2 is 1.71 bits per heavy atom. The summed E-state index contributed by atoms with van der Waals surface area (Å²) in [6.45, 7) is 8.21. The Kier molecular flexibility index (Phi) is 4.33. The Bertz CT molecular complexity index is 629. The molecule has 0 saturated heterocycles. The van der Waals surface area contributed by atoms with Gasteiger partial charge in [0.1, 0.15) is 17.3 Å². The number of rotatable bonds is 3. The molecular formula is C18H22FNO. The Hall–Kier alpha value is -1.87. The van der Waals surface area contributed by atoms with Gasteiger partial charge in [-0.25, -0.2) is 4.39 Å². The average molecular weight is 287 g/mol. The first-order chi connectivity index (χ1) is 9.79. The van der Waals surface area contributed by atoms with Gasteiger partial charge in [-0.1, -0.05) is 39.0 Å². The van der Waals surface area contributed by atoms with Crippen molar-refractivity contribution in [3.05, 3.63) is 59.4 Å². The van der Waals surface area contributed by atoms with Crippen LogP contribution in [-0.4, -0.2) is 0 Å². The summed E-state index contributed by atoms with van der Waals surface area (Å²) >= 11 is 0. The molecule has 0 aliphatic rings. The van der Waals surface area contributed by atoms with E-state index in [1.54, 1.807) is 6.07 Å². The molecule has 0 radical (unpaired) electrons. The summed E-state index contributed by atoms with van der Waals surface area (Å²) in [5.74, 6) is 1.07. The molecule has 2 N–H and O–H groups in total. The molecule has 3 heteroatoms. The molecule has 0 aromatic heterocycles. The second kappa shape index (κ2) is 5.86. The van der Waals surface area contributed by atoms with Crippen molar-refractivity contribution in [3.63, 3.8) is 0 Å². The van der Waals surface area contributed by atoms with Crippen LogP contribution in [0, 0.1) is 5.82 Å². The summed E-state index contributed by atoms with van der Waals surface area (Å²) < 4.78 is 19.4. The standard InChI is InChI=1S/C18H22FNO/c1-12(20)14-11-13(19)9-10-16(14)21-17-8-6-5-7-15(17)18(2,3)4/h5-12H,20H2,1-4H3/t12-/m0/s1. The van der Waals surface area contributed by atoms with Gasteiger partial charge in [0.05, 0.1) is 0 Å². The molecule has 2 aromatic rings. The molecule has 0 saturated carbocycles. The van der Waals surface area contributed by atoms with Crippen molar-refractivity contribution in [2.45, 2.75) is 39.2 Å². The topological polar surface area (TPSA) is 35.2 Å². The predicted molar refractivity (Wildman–Crippen MR) is 84.2 cm³/mol. The van der Waals surface area contributed by atoms with Crippen molar-refractivity contribution >= 4 is 0 Å². The minimum Gasteiger partial charge on any atom is -0.457 e. The van der Waals surface area contributed by atoms with Crippen LogP contribution in [-0.2, 0) is 5.41 Å². The zero-order chi connectivity index (χ0) is 15.6. The lowest BCUT2D eigenvalue weighted by Crippen LogP contribution is -2.13. The fourth-order valence-corrected chi connectivity index (χ4v) is 2.26. The van der Waals surface area contributed by atoms with Crippen molar-refractivity contribution < 1.29 is 9.13 Å². The van der Waals surface area contributed by atoms with Gasteiger partial charge < -0.3 is 10.5 Å². The monoisotopic (exact) mass is 287 g/mol. The Morgan fingerprint density at radius 1 is 1.05 bits per heavy atom. The van der Waals surface area contributed by atoms with Crippen molar-refractivity contribution in [2.75, 3.05) is 0 Å². The summed E-state index contributed by atoms with van der Waals surface area (Å²) in [6, 6.07) is 12.1. The van der Waals surface area contributed by atoms with Crippen molar-refractivity contribution in [3.8, 4) is 11.5 Å². The normalized spacial score (nSPS) is 13.0. The number of ether oxygens (including phenoxy) is 1. The van der Waals surface area contributed by atoms with Crippen molar-refractivity contribution in [2.24, 2.45) is 5.73 Å². The summed E-state index contributed by atoms with van der Waals surface area (Å²) in [5.41, 5.74) is 7.64. The van der Waals surface area contributed by atoms with E-state index in [0.29, 0.717) is 11.3 Å². The Morgan fingerprint density at radius 3 is 2.33 bits per heavy atom. The van der Waals surface area contributed by atoms with Gasteiger partial charge in [-0.05, 0) is 36.6 Å². The van der Waals surface area contributed by atoms with Crippen molar-refractivity contribution in [1.82, 2.24) is 0 Å². The highest BCUT2D eigenvalue weighted by Gasteiger charge is 2.20. The number of para-hydroxylation sites is 1. The van der Waals surface area contributed by atoms with Gasteiger partial charge >= 0.3 is 0 Å². The molecule has 21 heavy (non-hydrogen) atoms. The fraction of sp³-hybridized carbons (Fsp3) is 0.333. The lowest BCUT2D eigenvalue weighted by molar-refractivity contribution is 0.445. The second-order valence-corrected chi connectivity index (χ2v) is 6.32. The maximum atomic E-state index is 13.4. The number of hydrogen-bond donors (Lipinski definition) is 1. The molecule has 0 aliphatic carbocycles. The molecule has 0 spiro atoms. The zero-order valence-corrected chi connectivity index (χ0v) is 13.0. The van der Waals surface area contributed by atoms with Gasteiger partial charge in [0.2, 0.25) is 0 Å². The highest BCUT2D eigenvalue weighted by molar-refractivity contribution is 5.44. The first-order valence-corrected chi connectivity index (χ1v) is 7.11. The van der Waals surface area contributed by atoms with Crippen LogP contribution < -0.4 is 10.5 Å². The third-order valence-corrected chi connectivity index (χ3v) is 3.38. The lowest BCUT2D eigenvalue weighted by atomic mass is 9.86. The first kappa shape index (κ1) is 15.5. The van der Waals surface area contributed by atoms with E-state index in [1.807, 2.05) is 31.2 Å². The van der Waals surface area contributed by atoms with Crippen LogP contribution in [0.3, 0.4) is 0 Å². The van der Waals surface area contributed by atoms with E-state index >= 15 is 0 Å². The van der Waals surface area contributed by atoms with E-state index < -0.39 is 0 Å². The molecule has 0 aliphatic heterocycles. The SMILES string of the molecule is C[C@H](N)c1cc(F)ccc1Oc1ccccc1C(C)(C)C. The van der Waals surface area contributed by atoms with Crippen LogP contribution >= 0.6 is 0 Å². The zero-order valence-electron chi connectivity index (χ0n) is 13.0. The molecule has 0 amide bonds. The summed E-state index contributed by atoms with van der Waals surface area (Å²) in [4.78, 5) is 0. The van der Waals surface area contributed by atoms with Crippen LogP contribution in [0.4, 0.5) is 4.39 Å². The smallest absolute Gasteiger partial charge is 0.132 e. The largest absolute Gasteiger partial charge is 0.457 e. The van der Waals surface area contributed by atoms with Gasteiger partial charge in [0.25, 0.3) is 0 Å². The maximum absolute atomic E-state index is 13.4. The van der Waals surface area contributed by atoms with Crippen LogP contribution in [0.5, 0.6) is 11.5 Å². The van der Waals surface area contributed by atoms with Gasteiger partial charge in [-0.3, -0.25) is 0 Å². The molecule has 0 bridgehead atoms. The fourth-order valence-electron chi connectivity index (χ4n) is 2.26. The molecule has 0 fully saturated rings. The summed E-state index contributed by atoms with van der Waals surface area (Å²) in [5, 5.41) is 0. The molecule has 2 aromatic carbocycles. The molecule has 2 nitrogen and oxygen atoms in total. The Balaban J connectivity index is 2.44. The molecule has 1 atom stereocenters. The van der Waals surface area contributed by atoms with Crippen LogP contribution in [0.25, 0.3) is 0 Å². The molecule has 0 unspecified atom stereocenters. The third-order valence-electron chi connectivity index (χ3n) is 3.38. The average Bonchev–Trinajstić information content (AvgIpc) is 2.40. The second-order valence-electron chi connectivity index (χ2n) is 6.32. The number of benzene rings is 2. The molecule has 0 heterocycles. The first-order valence-electron chi connectivity index (χ1n) is 7.11. The maximum Gasteiger partial charge on any atom is 0.132 e. The van der Waals surface area contributed by atoms with Gasteiger partial charge in [-0.2, -0.15) is 0 Å². The van der Waals surface area contributed by atoms with Crippen LogP contribution in [0.1, 0.15) is 44.9 Å². The van der Waals surface area contributed by atoms with Gasteiger partial charge in [-0.15, -0.1) is 0 Å². The molecule has 112 valence electrons. The van der Waals surface area contributed by atoms with E-state index in [4.69, 9.17) is 10.5 Å².